The Bertz CT molecular complexity index is 466. The fourth-order valence-electron chi connectivity index (χ4n) is 1.27. The molecule has 1 rings (SSSR count). The van der Waals surface area contributed by atoms with E-state index in [9.17, 15) is 9.59 Å². The molecule has 5 nitrogen and oxygen atoms in total. The van der Waals surface area contributed by atoms with E-state index in [2.05, 4.69) is 10.6 Å². The van der Waals surface area contributed by atoms with Crippen LogP contribution < -0.4 is 10.6 Å². The number of rotatable bonds is 5. The molecule has 19 heavy (non-hydrogen) atoms. The lowest BCUT2D eigenvalue weighted by molar-refractivity contribution is -0.136. The summed E-state index contributed by atoms with van der Waals surface area (Å²) in [7, 11) is 1.57. The molecule has 2 amide bonds. The molecule has 7 heteroatoms. The molecule has 0 aliphatic carbocycles. The van der Waals surface area contributed by atoms with Gasteiger partial charge in [-0.3, -0.25) is 9.59 Å². The highest BCUT2D eigenvalue weighted by atomic mass is 35.5. The highest BCUT2D eigenvalue weighted by Crippen LogP contribution is 2.25. The molecule has 0 saturated carbocycles. The molecule has 1 aromatic rings. The SMILES string of the molecule is COCCCNC(=O)C(=O)Nc1cc(Cl)ccc1Cl. The van der Waals surface area contributed by atoms with Gasteiger partial charge in [-0.2, -0.15) is 0 Å². The van der Waals surface area contributed by atoms with Gasteiger partial charge in [-0.05, 0) is 24.6 Å². The maximum absolute atomic E-state index is 11.6. The summed E-state index contributed by atoms with van der Waals surface area (Å²) in [6, 6.07) is 4.60. The maximum Gasteiger partial charge on any atom is 0.313 e. The predicted octanol–water partition coefficient (Wildman–Crippen LogP) is 2.08. The Hall–Kier alpha value is -1.30. The molecule has 1 aromatic carbocycles. The number of carbonyl (C=O) groups excluding carboxylic acids is 2. The zero-order chi connectivity index (χ0) is 14.3. The van der Waals surface area contributed by atoms with Gasteiger partial charge in [-0.15, -0.1) is 0 Å². The second-order valence-corrected chi connectivity index (χ2v) is 4.52. The first kappa shape index (κ1) is 15.8. The number of methoxy groups -OCH3 is 1. The average Bonchev–Trinajstić information content (AvgIpc) is 2.38. The van der Waals surface area contributed by atoms with Crippen molar-refractivity contribution in [3.05, 3.63) is 28.2 Å². The lowest BCUT2D eigenvalue weighted by atomic mass is 10.3. The smallest absolute Gasteiger partial charge is 0.313 e. The van der Waals surface area contributed by atoms with Crippen molar-refractivity contribution in [2.75, 3.05) is 25.6 Å². The summed E-state index contributed by atoms with van der Waals surface area (Å²) < 4.78 is 4.82. The molecule has 0 spiro atoms. The Morgan fingerprint density at radius 2 is 2.00 bits per heavy atom. The standard InChI is InChI=1S/C12H14Cl2N2O3/c1-19-6-2-5-15-11(17)12(18)16-10-7-8(13)3-4-9(10)14/h3-4,7H,2,5-6H2,1H3,(H,15,17)(H,16,18). The molecule has 0 bridgehead atoms. The van der Waals surface area contributed by atoms with Gasteiger partial charge in [0.15, 0.2) is 0 Å². The van der Waals surface area contributed by atoms with Crippen LogP contribution in [0.15, 0.2) is 18.2 Å². The molecule has 0 aromatic heterocycles. The largest absolute Gasteiger partial charge is 0.385 e. The molecular weight excluding hydrogens is 291 g/mol. The van der Waals surface area contributed by atoms with Gasteiger partial charge in [0.05, 0.1) is 10.7 Å². The number of hydrogen-bond donors (Lipinski definition) is 2. The van der Waals surface area contributed by atoms with Crippen molar-refractivity contribution in [2.24, 2.45) is 0 Å². The highest BCUT2D eigenvalue weighted by Gasteiger charge is 2.14. The summed E-state index contributed by atoms with van der Waals surface area (Å²) in [6.45, 7) is 0.880. The van der Waals surface area contributed by atoms with E-state index in [1.165, 1.54) is 12.1 Å². The Morgan fingerprint density at radius 1 is 1.26 bits per heavy atom. The van der Waals surface area contributed by atoms with Crippen molar-refractivity contribution in [1.29, 1.82) is 0 Å². The molecule has 0 saturated heterocycles. The highest BCUT2D eigenvalue weighted by molar-refractivity contribution is 6.42. The van der Waals surface area contributed by atoms with E-state index < -0.39 is 11.8 Å². The second-order valence-electron chi connectivity index (χ2n) is 3.68. The molecule has 0 atom stereocenters. The molecule has 0 aliphatic rings. The second kappa shape index (κ2) is 7.99. The number of carbonyl (C=O) groups is 2. The summed E-state index contributed by atoms with van der Waals surface area (Å²) in [6.07, 6.45) is 0.632. The van der Waals surface area contributed by atoms with Crippen LogP contribution in [0.4, 0.5) is 5.69 Å². The van der Waals surface area contributed by atoms with Crippen molar-refractivity contribution in [3.8, 4) is 0 Å². The third-order valence-corrected chi connectivity index (χ3v) is 2.76. The minimum Gasteiger partial charge on any atom is -0.385 e. The van der Waals surface area contributed by atoms with Crippen LogP contribution in [0.25, 0.3) is 0 Å². The molecule has 0 unspecified atom stereocenters. The number of benzene rings is 1. The summed E-state index contributed by atoms with van der Waals surface area (Å²) in [5, 5.41) is 5.58. The van der Waals surface area contributed by atoms with E-state index in [1.807, 2.05) is 0 Å². The van der Waals surface area contributed by atoms with Gasteiger partial charge in [0.1, 0.15) is 0 Å². The van der Waals surface area contributed by atoms with Crippen LogP contribution >= 0.6 is 23.2 Å². The topological polar surface area (TPSA) is 67.4 Å². The number of nitrogens with one attached hydrogen (secondary N) is 2. The third-order valence-electron chi connectivity index (χ3n) is 2.19. The van der Waals surface area contributed by atoms with E-state index >= 15 is 0 Å². The fourth-order valence-corrected chi connectivity index (χ4v) is 1.61. The number of hydrogen-bond acceptors (Lipinski definition) is 3. The average molecular weight is 305 g/mol. The zero-order valence-corrected chi connectivity index (χ0v) is 11.8. The van der Waals surface area contributed by atoms with E-state index in [4.69, 9.17) is 27.9 Å². The predicted molar refractivity (Wildman–Crippen MR) is 74.6 cm³/mol. The molecule has 0 radical (unpaired) electrons. The normalized spacial score (nSPS) is 10.1. The Labute approximate surface area is 121 Å². The molecule has 0 fully saturated rings. The zero-order valence-electron chi connectivity index (χ0n) is 10.3. The molecular formula is C12H14Cl2N2O3. The van der Waals surface area contributed by atoms with Crippen LogP contribution in [0.2, 0.25) is 10.0 Å². The van der Waals surface area contributed by atoms with Crippen LogP contribution in [0, 0.1) is 0 Å². The van der Waals surface area contributed by atoms with Crippen LogP contribution in [-0.4, -0.2) is 32.1 Å². The van der Waals surface area contributed by atoms with Gasteiger partial charge in [-0.1, -0.05) is 23.2 Å². The molecule has 0 aliphatic heterocycles. The Balaban J connectivity index is 2.49. The van der Waals surface area contributed by atoms with E-state index in [-0.39, 0.29) is 0 Å². The quantitative estimate of drug-likeness (QED) is 0.646. The maximum atomic E-state index is 11.6. The summed E-state index contributed by atoms with van der Waals surface area (Å²) in [5.74, 6) is -1.52. The van der Waals surface area contributed by atoms with Crippen molar-refractivity contribution >= 4 is 40.7 Å². The minimum atomic E-state index is -0.790. The monoisotopic (exact) mass is 304 g/mol. The van der Waals surface area contributed by atoms with Gasteiger partial charge in [0.25, 0.3) is 0 Å². The molecule has 2 N–H and O–H groups in total. The Morgan fingerprint density at radius 3 is 2.68 bits per heavy atom. The van der Waals surface area contributed by atoms with E-state index in [1.54, 1.807) is 13.2 Å². The first-order valence-electron chi connectivity index (χ1n) is 5.57. The lowest BCUT2D eigenvalue weighted by Gasteiger charge is -2.08. The van der Waals surface area contributed by atoms with Gasteiger partial charge >= 0.3 is 11.8 Å². The van der Waals surface area contributed by atoms with Gasteiger partial charge < -0.3 is 15.4 Å². The van der Waals surface area contributed by atoms with Crippen molar-refractivity contribution < 1.29 is 14.3 Å². The number of amides is 2. The number of ether oxygens (including phenoxy) is 1. The summed E-state index contributed by atoms with van der Waals surface area (Å²) in [5.41, 5.74) is 0.297. The fraction of sp³-hybridized carbons (Fsp3) is 0.333. The van der Waals surface area contributed by atoms with Crippen molar-refractivity contribution in [1.82, 2.24) is 5.32 Å². The third kappa shape index (κ3) is 5.46. The van der Waals surface area contributed by atoms with Crippen LogP contribution in [0.5, 0.6) is 0 Å². The van der Waals surface area contributed by atoms with Crippen LogP contribution in [0.1, 0.15) is 6.42 Å². The van der Waals surface area contributed by atoms with E-state index in [0.29, 0.717) is 35.3 Å². The lowest BCUT2D eigenvalue weighted by Crippen LogP contribution is -2.36. The summed E-state index contributed by atoms with van der Waals surface area (Å²) >= 11 is 11.6. The van der Waals surface area contributed by atoms with Crippen LogP contribution in [0.3, 0.4) is 0 Å². The van der Waals surface area contributed by atoms with Gasteiger partial charge in [0.2, 0.25) is 0 Å². The van der Waals surface area contributed by atoms with Gasteiger partial charge in [-0.25, -0.2) is 0 Å². The van der Waals surface area contributed by atoms with Gasteiger partial charge in [0, 0.05) is 25.3 Å². The van der Waals surface area contributed by atoms with Crippen molar-refractivity contribution in [2.45, 2.75) is 6.42 Å². The van der Waals surface area contributed by atoms with Crippen LogP contribution in [-0.2, 0) is 14.3 Å². The first-order valence-corrected chi connectivity index (χ1v) is 6.33. The van der Waals surface area contributed by atoms with E-state index in [0.717, 1.165) is 0 Å². The minimum absolute atomic E-state index is 0.297. The Kier molecular flexibility index (Phi) is 6.62. The number of halogens is 2. The summed E-state index contributed by atoms with van der Waals surface area (Å²) in [4.78, 5) is 23.1. The van der Waals surface area contributed by atoms with Crippen molar-refractivity contribution in [3.63, 3.8) is 0 Å². The number of anilines is 1. The molecule has 0 heterocycles. The first-order chi connectivity index (χ1) is 9.04. The molecule has 104 valence electrons.